The van der Waals surface area contributed by atoms with E-state index in [0.717, 1.165) is 0 Å². The molecular weight excluding hydrogens is 306 g/mol. The van der Waals surface area contributed by atoms with Gasteiger partial charge in [-0.3, -0.25) is 4.79 Å². The minimum Gasteiger partial charge on any atom is -0.487 e. The molecule has 0 aromatic heterocycles. The highest BCUT2D eigenvalue weighted by molar-refractivity contribution is 7.93. The maximum atomic E-state index is 12.5. The number of hydrogen-bond donors (Lipinski definition) is 2. The van der Waals surface area contributed by atoms with Crippen LogP contribution >= 0.6 is 0 Å². The summed E-state index contributed by atoms with van der Waals surface area (Å²) in [6.45, 7) is 1.47. The van der Waals surface area contributed by atoms with Gasteiger partial charge in [-0.05, 0) is 25.0 Å². The number of hydrogen-bond acceptors (Lipinski definition) is 4. The number of rotatable bonds is 5. The van der Waals surface area contributed by atoms with E-state index < -0.39 is 27.4 Å². The molecule has 0 amide bonds. The lowest BCUT2D eigenvalue weighted by molar-refractivity contribution is -0.142. The average molecular weight is 323 g/mol. The first-order valence-electron chi connectivity index (χ1n) is 7.03. The summed E-state index contributed by atoms with van der Waals surface area (Å²) in [7, 11) is -3.78. The topological polar surface area (TPSA) is 92.7 Å². The van der Waals surface area contributed by atoms with Gasteiger partial charge in [0.05, 0.1) is 10.8 Å². The quantitative estimate of drug-likeness (QED) is 0.858. The fourth-order valence-corrected chi connectivity index (χ4v) is 4.12. The molecule has 0 spiro atoms. The van der Waals surface area contributed by atoms with Gasteiger partial charge in [0, 0.05) is 11.1 Å². The summed E-state index contributed by atoms with van der Waals surface area (Å²) in [6.07, 6.45) is 2.64. The molecule has 1 heterocycles. The number of benzene rings is 1. The van der Waals surface area contributed by atoms with Crippen molar-refractivity contribution in [1.29, 1.82) is 0 Å². The van der Waals surface area contributed by atoms with Gasteiger partial charge >= 0.3 is 5.97 Å². The highest BCUT2D eigenvalue weighted by Crippen LogP contribution is 2.44. The maximum absolute atomic E-state index is 12.5. The Kier molecular flexibility index (Phi) is 3.49. The first-order chi connectivity index (χ1) is 10.3. The molecule has 0 saturated heterocycles. The molecule has 6 nitrogen and oxygen atoms in total. The Hall–Kier alpha value is -1.86. The Balaban J connectivity index is 1.86. The number of ether oxygens (including phenoxy) is 1. The van der Waals surface area contributed by atoms with E-state index in [2.05, 4.69) is 4.72 Å². The van der Waals surface area contributed by atoms with Crippen molar-refractivity contribution in [2.45, 2.75) is 25.3 Å². The molecule has 0 bridgehead atoms. The molecule has 2 aliphatic rings. The molecule has 7 heteroatoms. The normalized spacial score (nSPS) is 20.3. The number of sulfonamides is 1. The predicted octanol–water partition coefficient (Wildman–Crippen LogP) is 1.59. The second-order valence-corrected chi connectivity index (χ2v) is 7.49. The third-order valence-corrected chi connectivity index (χ3v) is 5.88. The highest BCUT2D eigenvalue weighted by atomic mass is 32.2. The summed E-state index contributed by atoms with van der Waals surface area (Å²) in [4.78, 5) is 11.3. The predicted molar refractivity (Wildman–Crippen MR) is 80.7 cm³/mol. The molecule has 1 aromatic carbocycles. The van der Waals surface area contributed by atoms with Crippen molar-refractivity contribution >= 4 is 22.1 Å². The van der Waals surface area contributed by atoms with E-state index >= 15 is 0 Å². The van der Waals surface area contributed by atoms with Gasteiger partial charge in [-0.25, -0.2) is 13.1 Å². The van der Waals surface area contributed by atoms with Gasteiger partial charge in [-0.15, -0.1) is 0 Å². The molecule has 1 unspecified atom stereocenters. The van der Waals surface area contributed by atoms with Crippen molar-refractivity contribution in [1.82, 2.24) is 4.72 Å². The van der Waals surface area contributed by atoms with E-state index in [1.54, 1.807) is 24.3 Å². The lowest BCUT2D eigenvalue weighted by Crippen LogP contribution is -2.45. The molecule has 22 heavy (non-hydrogen) atoms. The molecule has 1 aromatic rings. The number of fused-ring (bicyclic) bond motifs is 1. The Labute approximate surface area is 128 Å². The molecule has 118 valence electrons. The molecule has 1 aliphatic carbocycles. The zero-order valence-corrected chi connectivity index (χ0v) is 12.9. The highest BCUT2D eigenvalue weighted by Gasteiger charge is 2.53. The van der Waals surface area contributed by atoms with Gasteiger partial charge in [-0.2, -0.15) is 0 Å². The minimum absolute atomic E-state index is 0.0517. The van der Waals surface area contributed by atoms with Crippen LogP contribution in [0.1, 0.15) is 25.3 Å². The van der Waals surface area contributed by atoms with E-state index in [4.69, 9.17) is 9.84 Å². The maximum Gasteiger partial charge on any atom is 0.308 e. The van der Waals surface area contributed by atoms with Crippen molar-refractivity contribution in [2.24, 2.45) is 5.92 Å². The third kappa shape index (κ3) is 2.62. The van der Waals surface area contributed by atoms with Crippen molar-refractivity contribution in [2.75, 3.05) is 6.61 Å². The zero-order valence-electron chi connectivity index (χ0n) is 12.1. The zero-order chi connectivity index (χ0) is 16.0. The van der Waals surface area contributed by atoms with Crippen LogP contribution in [0.3, 0.4) is 0 Å². The molecule has 1 fully saturated rings. The van der Waals surface area contributed by atoms with Gasteiger partial charge in [0.2, 0.25) is 10.0 Å². The van der Waals surface area contributed by atoms with Crippen LogP contribution in [0.5, 0.6) is 5.75 Å². The van der Waals surface area contributed by atoms with Gasteiger partial charge < -0.3 is 9.84 Å². The van der Waals surface area contributed by atoms with Crippen LogP contribution in [-0.4, -0.2) is 31.6 Å². The van der Waals surface area contributed by atoms with Crippen LogP contribution in [0.4, 0.5) is 0 Å². The van der Waals surface area contributed by atoms with Crippen LogP contribution in [0.25, 0.3) is 6.08 Å². The van der Waals surface area contributed by atoms with Gasteiger partial charge in [0.25, 0.3) is 0 Å². The van der Waals surface area contributed by atoms with Crippen molar-refractivity contribution in [3.63, 3.8) is 0 Å². The van der Waals surface area contributed by atoms with E-state index in [9.17, 15) is 13.2 Å². The van der Waals surface area contributed by atoms with Crippen LogP contribution in [0.2, 0.25) is 0 Å². The summed E-state index contributed by atoms with van der Waals surface area (Å²) >= 11 is 0. The Bertz CT molecular complexity index is 749. The second-order valence-electron chi connectivity index (χ2n) is 5.76. The number of carboxylic acids is 1. The van der Waals surface area contributed by atoms with Crippen LogP contribution in [-0.2, 0) is 14.8 Å². The lowest BCUT2D eigenvalue weighted by atomic mass is 10.0. The molecule has 3 rings (SSSR count). The fraction of sp³-hybridized carbons (Fsp3) is 0.400. The summed E-state index contributed by atoms with van der Waals surface area (Å²) in [5.41, 5.74) is -0.173. The van der Waals surface area contributed by atoms with Gasteiger partial charge in [-0.1, -0.05) is 25.1 Å². The molecular formula is C15H17NO5S. The van der Waals surface area contributed by atoms with Crippen molar-refractivity contribution in [3.05, 3.63) is 34.7 Å². The van der Waals surface area contributed by atoms with Crippen LogP contribution in [0.15, 0.2) is 29.2 Å². The number of carboxylic acid groups (broad SMARTS) is 1. The second kappa shape index (κ2) is 5.10. The number of aliphatic carboxylic acids is 1. The smallest absolute Gasteiger partial charge is 0.308 e. The standard InChI is InChI=1S/C15H17NO5S/c1-10(14(17)18)15(6-7-15)16-22(19,20)12-8-11-4-2-3-5-13(11)21-9-12/h2-5,8,10,16H,6-7,9H2,1H3,(H,17,18). The van der Waals surface area contributed by atoms with Gasteiger partial charge in [0.15, 0.2) is 0 Å². The van der Waals surface area contributed by atoms with Crippen molar-refractivity contribution in [3.8, 4) is 5.75 Å². The largest absolute Gasteiger partial charge is 0.487 e. The average Bonchev–Trinajstić information content (AvgIpc) is 3.25. The summed E-state index contributed by atoms with van der Waals surface area (Å²) in [6, 6.07) is 7.17. The summed E-state index contributed by atoms with van der Waals surface area (Å²) < 4.78 is 33.1. The monoisotopic (exact) mass is 323 g/mol. The molecule has 1 saturated carbocycles. The van der Waals surface area contributed by atoms with E-state index in [0.29, 0.717) is 24.2 Å². The third-order valence-electron chi connectivity index (χ3n) is 4.28. The van der Waals surface area contributed by atoms with Crippen molar-refractivity contribution < 1.29 is 23.1 Å². The van der Waals surface area contributed by atoms with Gasteiger partial charge in [0.1, 0.15) is 12.4 Å². The molecule has 0 radical (unpaired) electrons. The van der Waals surface area contributed by atoms with E-state index in [1.165, 1.54) is 6.92 Å². The first-order valence-corrected chi connectivity index (χ1v) is 8.52. The molecule has 2 N–H and O–H groups in total. The Morgan fingerprint density at radius 2 is 2.05 bits per heavy atom. The summed E-state index contributed by atoms with van der Waals surface area (Å²) in [5.74, 6) is -1.12. The lowest BCUT2D eigenvalue weighted by Gasteiger charge is -2.24. The molecule has 1 aliphatic heterocycles. The number of para-hydroxylation sites is 1. The van der Waals surface area contributed by atoms with Crippen LogP contribution < -0.4 is 9.46 Å². The SMILES string of the molecule is CC(C(=O)O)C1(NS(=O)(=O)C2=Cc3ccccc3OC2)CC1. The minimum atomic E-state index is -3.78. The van der Waals surface area contributed by atoms with E-state index in [1.807, 2.05) is 6.07 Å². The van der Waals surface area contributed by atoms with Crippen LogP contribution in [0, 0.1) is 5.92 Å². The Morgan fingerprint density at radius 3 is 2.68 bits per heavy atom. The van der Waals surface area contributed by atoms with E-state index in [-0.39, 0.29) is 11.5 Å². The summed E-state index contributed by atoms with van der Waals surface area (Å²) in [5, 5.41) is 9.12. The molecule has 1 atom stereocenters. The Morgan fingerprint density at radius 1 is 1.36 bits per heavy atom. The first kappa shape index (κ1) is 15.1. The number of nitrogens with one attached hydrogen (secondary N) is 1. The fourth-order valence-electron chi connectivity index (χ4n) is 2.58. The number of carbonyl (C=O) groups is 1.